The molecule has 2 rings (SSSR count). The number of halogens is 3. The fourth-order valence-corrected chi connectivity index (χ4v) is 3.18. The third-order valence-electron chi connectivity index (χ3n) is 2.32. The molecule has 0 atom stereocenters. The van der Waals surface area contributed by atoms with Crippen molar-refractivity contribution >= 4 is 55.0 Å². The van der Waals surface area contributed by atoms with Crippen molar-refractivity contribution in [2.45, 2.75) is 5.75 Å². The number of hydrogen-bond acceptors (Lipinski definition) is 5. The largest absolute Gasteiger partial charge is 0.491 e. The zero-order valence-electron chi connectivity index (χ0n) is 10.2. The molecule has 0 amide bonds. The van der Waals surface area contributed by atoms with Crippen molar-refractivity contribution in [2.24, 2.45) is 0 Å². The number of benzene rings is 1. The molecule has 0 aliphatic rings. The Labute approximate surface area is 139 Å². The molecule has 0 bridgehead atoms. The Morgan fingerprint density at radius 1 is 1.29 bits per heavy atom. The molecular formula is C11H8BrCl2N3O3S. The molecule has 0 fully saturated rings. The first-order valence-corrected chi connectivity index (χ1v) is 8.63. The molecule has 2 N–H and O–H groups in total. The number of aromatic hydroxyl groups is 1. The average Bonchev–Trinajstić information content (AvgIpc) is 2.37. The Hall–Kier alpha value is -1.09. The molecule has 0 aliphatic carbocycles. The molecule has 1 heterocycles. The van der Waals surface area contributed by atoms with Crippen molar-refractivity contribution in [3.05, 3.63) is 44.6 Å². The summed E-state index contributed by atoms with van der Waals surface area (Å²) in [5.41, 5.74) is 0.446. The topological polar surface area (TPSA) is 92.2 Å². The van der Waals surface area contributed by atoms with E-state index < -0.39 is 15.9 Å². The summed E-state index contributed by atoms with van der Waals surface area (Å²) in [6.45, 7) is 0. The van der Waals surface area contributed by atoms with Crippen molar-refractivity contribution in [3.63, 3.8) is 0 Å². The normalized spacial score (nSPS) is 11.4. The van der Waals surface area contributed by atoms with E-state index in [1.54, 1.807) is 6.07 Å². The van der Waals surface area contributed by atoms with E-state index in [-0.39, 0.29) is 21.2 Å². The summed E-state index contributed by atoms with van der Waals surface area (Å²) in [5, 5.41) is 10.1. The van der Waals surface area contributed by atoms with Gasteiger partial charge in [0.15, 0.2) is 0 Å². The van der Waals surface area contributed by atoms with Gasteiger partial charge in [0.05, 0.1) is 22.0 Å². The summed E-state index contributed by atoms with van der Waals surface area (Å²) < 4.78 is 26.5. The number of aromatic nitrogens is 2. The lowest BCUT2D eigenvalue weighted by Gasteiger charge is -2.08. The van der Waals surface area contributed by atoms with Gasteiger partial charge in [-0.3, -0.25) is 4.72 Å². The lowest BCUT2D eigenvalue weighted by molar-refractivity contribution is 0.452. The number of nitrogens with zero attached hydrogens (tertiary/aromatic N) is 2. The second-order valence-electron chi connectivity index (χ2n) is 3.97. The Kier molecular flexibility index (Phi) is 4.92. The minimum absolute atomic E-state index is 0.252. The van der Waals surface area contributed by atoms with Crippen LogP contribution in [0, 0.1) is 0 Å². The zero-order valence-corrected chi connectivity index (χ0v) is 14.1. The summed E-state index contributed by atoms with van der Waals surface area (Å²) in [4.78, 5) is 7.37. The molecule has 0 unspecified atom stereocenters. The standard InChI is InChI=1S/C11H8BrCl2N3O3S/c12-9-4-15-10(11(18)16-9)17-21(19,20)5-6-1-2-7(13)8(14)3-6/h1-4H,5H2,(H,15,17)(H,16,18). The van der Waals surface area contributed by atoms with Gasteiger partial charge in [0, 0.05) is 0 Å². The first-order valence-electron chi connectivity index (χ1n) is 5.43. The Bertz CT molecular complexity index is 786. The highest BCUT2D eigenvalue weighted by molar-refractivity contribution is 9.10. The summed E-state index contributed by atoms with van der Waals surface area (Å²) in [6.07, 6.45) is 1.26. The Morgan fingerprint density at radius 3 is 2.62 bits per heavy atom. The highest BCUT2D eigenvalue weighted by atomic mass is 79.9. The Balaban J connectivity index is 2.20. The van der Waals surface area contributed by atoms with Crippen LogP contribution in [0.2, 0.25) is 10.0 Å². The summed E-state index contributed by atoms with van der Waals surface area (Å²) in [6, 6.07) is 4.50. The van der Waals surface area contributed by atoms with Gasteiger partial charge in [-0.15, -0.1) is 0 Å². The van der Waals surface area contributed by atoms with Gasteiger partial charge in [0.1, 0.15) is 4.60 Å². The highest BCUT2D eigenvalue weighted by Gasteiger charge is 2.16. The maximum absolute atomic E-state index is 12.0. The second kappa shape index (κ2) is 6.35. The Morgan fingerprint density at radius 2 is 2.00 bits per heavy atom. The monoisotopic (exact) mass is 411 g/mol. The van der Waals surface area contributed by atoms with Crippen LogP contribution in [0.25, 0.3) is 0 Å². The lowest BCUT2D eigenvalue weighted by atomic mass is 10.2. The fourth-order valence-electron chi connectivity index (χ4n) is 1.46. The molecule has 6 nitrogen and oxygen atoms in total. The maximum Gasteiger partial charge on any atom is 0.257 e. The molecule has 0 saturated carbocycles. The third-order valence-corrected chi connectivity index (χ3v) is 4.66. The van der Waals surface area contributed by atoms with Crippen LogP contribution in [0.5, 0.6) is 5.88 Å². The van der Waals surface area contributed by atoms with E-state index in [4.69, 9.17) is 23.2 Å². The molecule has 0 radical (unpaired) electrons. The second-order valence-corrected chi connectivity index (χ2v) is 7.32. The van der Waals surface area contributed by atoms with Crippen molar-refractivity contribution in [2.75, 3.05) is 4.72 Å². The number of hydrogen-bond donors (Lipinski definition) is 2. The molecule has 0 aliphatic heterocycles. The van der Waals surface area contributed by atoms with Crippen molar-refractivity contribution < 1.29 is 13.5 Å². The number of sulfonamides is 1. The predicted molar refractivity (Wildman–Crippen MR) is 84.1 cm³/mol. The third kappa shape index (κ3) is 4.44. The highest BCUT2D eigenvalue weighted by Crippen LogP contribution is 2.25. The van der Waals surface area contributed by atoms with Crippen LogP contribution in [0.1, 0.15) is 5.56 Å². The van der Waals surface area contributed by atoms with E-state index in [9.17, 15) is 13.5 Å². The van der Waals surface area contributed by atoms with Crippen LogP contribution >= 0.6 is 39.1 Å². The smallest absolute Gasteiger partial charge is 0.257 e. The van der Waals surface area contributed by atoms with Crippen molar-refractivity contribution in [1.29, 1.82) is 0 Å². The first kappa shape index (κ1) is 16.3. The van der Waals surface area contributed by atoms with Crippen molar-refractivity contribution in [1.82, 2.24) is 9.97 Å². The van der Waals surface area contributed by atoms with Gasteiger partial charge in [0.2, 0.25) is 15.8 Å². The quantitative estimate of drug-likeness (QED) is 0.804. The summed E-state index contributed by atoms with van der Waals surface area (Å²) in [7, 11) is -3.78. The van der Waals surface area contributed by atoms with Crippen LogP contribution < -0.4 is 4.72 Å². The number of nitrogens with one attached hydrogen (secondary N) is 1. The number of anilines is 1. The molecule has 2 aromatic rings. The fraction of sp³-hybridized carbons (Fsp3) is 0.0909. The summed E-state index contributed by atoms with van der Waals surface area (Å²) >= 11 is 14.6. The predicted octanol–water partition coefficient (Wildman–Crippen LogP) is 3.19. The van der Waals surface area contributed by atoms with E-state index in [2.05, 4.69) is 30.6 Å². The van der Waals surface area contributed by atoms with Gasteiger partial charge in [0.25, 0.3) is 5.88 Å². The zero-order chi connectivity index (χ0) is 15.6. The van der Waals surface area contributed by atoms with Gasteiger partial charge < -0.3 is 5.11 Å². The molecule has 1 aromatic carbocycles. The van der Waals surface area contributed by atoms with Crippen LogP contribution in [-0.4, -0.2) is 23.5 Å². The van der Waals surface area contributed by atoms with Crippen molar-refractivity contribution in [3.8, 4) is 5.88 Å². The first-order chi connectivity index (χ1) is 9.77. The number of rotatable bonds is 4. The van der Waals surface area contributed by atoms with Crippen LogP contribution in [0.15, 0.2) is 29.0 Å². The van der Waals surface area contributed by atoms with Gasteiger partial charge in [-0.05, 0) is 33.6 Å². The molecule has 0 spiro atoms. The molecular weight excluding hydrogens is 405 g/mol. The van der Waals surface area contributed by atoms with E-state index >= 15 is 0 Å². The van der Waals surface area contributed by atoms with Crippen LogP contribution in [-0.2, 0) is 15.8 Å². The molecule has 10 heteroatoms. The molecule has 112 valence electrons. The van der Waals surface area contributed by atoms with E-state index in [1.165, 1.54) is 18.3 Å². The van der Waals surface area contributed by atoms with Crippen LogP contribution in [0.3, 0.4) is 0 Å². The van der Waals surface area contributed by atoms with Crippen LogP contribution in [0.4, 0.5) is 5.82 Å². The van der Waals surface area contributed by atoms with Gasteiger partial charge >= 0.3 is 0 Å². The minimum Gasteiger partial charge on any atom is -0.491 e. The van der Waals surface area contributed by atoms with Gasteiger partial charge in [-0.25, -0.2) is 18.4 Å². The van der Waals surface area contributed by atoms with E-state index in [1.807, 2.05) is 0 Å². The summed E-state index contributed by atoms with van der Waals surface area (Å²) in [5.74, 6) is -1.12. The maximum atomic E-state index is 12.0. The van der Waals surface area contributed by atoms with E-state index in [0.29, 0.717) is 10.6 Å². The van der Waals surface area contributed by atoms with Gasteiger partial charge in [-0.2, -0.15) is 0 Å². The minimum atomic E-state index is -3.78. The SMILES string of the molecule is O=S(=O)(Cc1ccc(Cl)c(Cl)c1)Nc1ncc(Br)nc1O. The molecule has 21 heavy (non-hydrogen) atoms. The molecule has 0 saturated heterocycles. The lowest BCUT2D eigenvalue weighted by Crippen LogP contribution is -2.16. The van der Waals surface area contributed by atoms with Gasteiger partial charge in [-0.1, -0.05) is 29.3 Å². The average molecular weight is 413 g/mol. The van der Waals surface area contributed by atoms with E-state index in [0.717, 1.165) is 0 Å². The molecule has 1 aromatic heterocycles.